The van der Waals surface area contributed by atoms with E-state index in [2.05, 4.69) is 32.8 Å². The number of nitrogens with zero attached hydrogens (tertiary/aromatic N) is 1. The van der Waals surface area contributed by atoms with Crippen molar-refractivity contribution in [1.29, 1.82) is 0 Å². The van der Waals surface area contributed by atoms with E-state index in [1.54, 1.807) is 12.1 Å². The molecule has 0 bridgehead atoms. The number of H-pyrrole nitrogens is 1. The lowest BCUT2D eigenvalue weighted by Gasteiger charge is -2.04. The number of ether oxygens (including phenoxy) is 1. The predicted molar refractivity (Wildman–Crippen MR) is 104 cm³/mol. The molecular formula is C19H20BrN3O2. The fourth-order valence-electron chi connectivity index (χ4n) is 2.55. The van der Waals surface area contributed by atoms with Crippen LogP contribution in [0.5, 0.6) is 0 Å². The molecule has 1 aromatic heterocycles. The normalized spacial score (nSPS) is 11.0. The largest absolute Gasteiger partial charge is 0.462 e. The van der Waals surface area contributed by atoms with Gasteiger partial charge in [-0.2, -0.15) is 0 Å². The van der Waals surface area contributed by atoms with Crippen LogP contribution >= 0.6 is 15.9 Å². The van der Waals surface area contributed by atoms with Crippen LogP contribution < -0.4 is 5.73 Å². The number of nitrogens with one attached hydrogen (secondary N) is 1. The zero-order valence-corrected chi connectivity index (χ0v) is 15.8. The lowest BCUT2D eigenvalue weighted by molar-refractivity contribution is 0.0500. The number of fused-ring (bicyclic) bond motifs is 1. The van der Waals surface area contributed by atoms with Crippen molar-refractivity contribution < 1.29 is 9.53 Å². The first-order valence-corrected chi connectivity index (χ1v) is 9.02. The molecule has 0 amide bonds. The molecule has 0 atom stereocenters. The Morgan fingerprint density at radius 2 is 2.04 bits per heavy atom. The fraction of sp³-hybridized carbons (Fsp3) is 0.263. The van der Waals surface area contributed by atoms with Gasteiger partial charge in [-0.15, -0.1) is 0 Å². The van der Waals surface area contributed by atoms with E-state index in [1.807, 2.05) is 25.1 Å². The number of aromatic amines is 1. The average Bonchev–Trinajstić information content (AvgIpc) is 3.04. The van der Waals surface area contributed by atoms with Gasteiger partial charge in [-0.25, -0.2) is 9.78 Å². The number of imidazole rings is 1. The Kier molecular flexibility index (Phi) is 5.08. The Labute approximate surface area is 154 Å². The van der Waals surface area contributed by atoms with E-state index in [-0.39, 0.29) is 5.97 Å². The quantitative estimate of drug-likeness (QED) is 0.364. The number of benzene rings is 2. The Hall–Kier alpha value is -2.34. The number of carbonyl (C=O) groups excluding carboxylic acids is 1. The number of hydrogen-bond acceptors (Lipinski definition) is 4. The van der Waals surface area contributed by atoms with E-state index in [4.69, 9.17) is 10.5 Å². The molecule has 6 heteroatoms. The minimum atomic E-state index is -0.296. The number of aromatic nitrogens is 2. The van der Waals surface area contributed by atoms with Gasteiger partial charge in [-0.05, 0) is 53.0 Å². The molecular weight excluding hydrogens is 382 g/mol. The molecule has 0 fully saturated rings. The van der Waals surface area contributed by atoms with Crippen LogP contribution in [0.2, 0.25) is 0 Å². The highest BCUT2D eigenvalue weighted by Crippen LogP contribution is 2.32. The van der Waals surface area contributed by atoms with Gasteiger partial charge in [0.2, 0.25) is 0 Å². The molecule has 0 radical (unpaired) electrons. The van der Waals surface area contributed by atoms with Gasteiger partial charge in [-0.3, -0.25) is 0 Å². The summed E-state index contributed by atoms with van der Waals surface area (Å²) in [6, 6.07) is 9.21. The Balaban J connectivity index is 1.86. The second kappa shape index (κ2) is 7.27. The highest BCUT2D eigenvalue weighted by atomic mass is 79.9. The number of nitrogens with two attached hydrogens (primary N) is 1. The molecule has 0 aliphatic heterocycles. The predicted octanol–water partition coefficient (Wildman–Crippen LogP) is 4.84. The number of anilines is 1. The minimum absolute atomic E-state index is 0.296. The number of esters is 1. The van der Waals surface area contributed by atoms with E-state index in [1.165, 1.54) is 0 Å². The third-order valence-corrected chi connectivity index (χ3v) is 4.89. The second-order valence-corrected chi connectivity index (χ2v) is 6.76. The highest BCUT2D eigenvalue weighted by Gasteiger charge is 2.13. The maximum absolute atomic E-state index is 12.0. The molecule has 0 saturated carbocycles. The van der Waals surface area contributed by atoms with Gasteiger partial charge in [0.15, 0.2) is 0 Å². The number of hydrogen-bond donors (Lipinski definition) is 2. The van der Waals surface area contributed by atoms with Gasteiger partial charge < -0.3 is 15.5 Å². The van der Waals surface area contributed by atoms with Crippen molar-refractivity contribution >= 4 is 38.6 Å². The number of nitrogen functional groups attached to an aromatic ring is 1. The van der Waals surface area contributed by atoms with Crippen molar-refractivity contribution in [2.75, 3.05) is 12.3 Å². The maximum atomic E-state index is 12.0. The smallest absolute Gasteiger partial charge is 0.338 e. The topological polar surface area (TPSA) is 81.0 Å². The first-order valence-electron chi connectivity index (χ1n) is 8.23. The Morgan fingerprint density at radius 1 is 1.32 bits per heavy atom. The van der Waals surface area contributed by atoms with Crippen molar-refractivity contribution in [2.24, 2.45) is 0 Å². The maximum Gasteiger partial charge on any atom is 0.338 e. The molecule has 2 aromatic carbocycles. The number of unbranched alkanes of at least 4 members (excludes halogenated alkanes) is 1. The fourth-order valence-corrected chi connectivity index (χ4v) is 3.16. The summed E-state index contributed by atoms with van der Waals surface area (Å²) in [5, 5.41) is 0. The van der Waals surface area contributed by atoms with E-state index >= 15 is 0 Å². The highest BCUT2D eigenvalue weighted by molar-refractivity contribution is 9.10. The molecule has 3 aromatic rings. The van der Waals surface area contributed by atoms with Gasteiger partial charge in [0.25, 0.3) is 0 Å². The van der Waals surface area contributed by atoms with Crippen LogP contribution in [0.15, 0.2) is 34.8 Å². The van der Waals surface area contributed by atoms with Crippen LogP contribution in [-0.4, -0.2) is 22.5 Å². The third kappa shape index (κ3) is 3.54. The molecule has 25 heavy (non-hydrogen) atoms. The molecule has 3 N–H and O–H groups in total. The van der Waals surface area contributed by atoms with Crippen molar-refractivity contribution in [3.63, 3.8) is 0 Å². The first-order chi connectivity index (χ1) is 12.0. The van der Waals surface area contributed by atoms with Crippen molar-refractivity contribution in [2.45, 2.75) is 26.7 Å². The van der Waals surface area contributed by atoms with Crippen molar-refractivity contribution in [1.82, 2.24) is 9.97 Å². The SMILES string of the molecule is CCCCOC(=O)c1ccc(-c2nc3c(Br)c(N)c(C)cc3[nH]2)cc1. The minimum Gasteiger partial charge on any atom is -0.462 e. The van der Waals surface area contributed by atoms with Crippen LogP contribution in [0.1, 0.15) is 35.7 Å². The lowest BCUT2D eigenvalue weighted by atomic mass is 10.1. The number of aryl methyl sites for hydroxylation is 1. The summed E-state index contributed by atoms with van der Waals surface area (Å²) in [7, 11) is 0. The van der Waals surface area contributed by atoms with Crippen LogP contribution in [0.4, 0.5) is 5.69 Å². The van der Waals surface area contributed by atoms with Gasteiger partial charge in [-0.1, -0.05) is 25.5 Å². The molecule has 0 aliphatic carbocycles. The summed E-state index contributed by atoms with van der Waals surface area (Å²) < 4.78 is 6.01. The van der Waals surface area contributed by atoms with E-state index in [0.717, 1.165) is 45.3 Å². The second-order valence-electron chi connectivity index (χ2n) is 5.97. The number of rotatable bonds is 5. The summed E-state index contributed by atoms with van der Waals surface area (Å²) in [4.78, 5) is 19.9. The average molecular weight is 402 g/mol. The van der Waals surface area contributed by atoms with Crippen LogP contribution in [0, 0.1) is 6.92 Å². The first kappa shape index (κ1) is 17.5. The molecule has 130 valence electrons. The Bertz CT molecular complexity index is 917. The van der Waals surface area contributed by atoms with Crippen LogP contribution in [0.3, 0.4) is 0 Å². The molecule has 0 spiro atoms. The standard InChI is InChI=1S/C19H20BrN3O2/c1-3-4-9-25-19(24)13-7-5-12(6-8-13)18-22-14-10-11(2)16(21)15(20)17(14)23-18/h5-8,10H,3-4,9,21H2,1-2H3,(H,22,23). The number of halogens is 1. The summed E-state index contributed by atoms with van der Waals surface area (Å²) in [5.41, 5.74) is 10.9. The summed E-state index contributed by atoms with van der Waals surface area (Å²) in [5.74, 6) is 0.433. The summed E-state index contributed by atoms with van der Waals surface area (Å²) in [6.07, 6.45) is 1.87. The molecule has 0 saturated heterocycles. The van der Waals surface area contributed by atoms with E-state index in [0.29, 0.717) is 17.9 Å². The molecule has 0 aliphatic rings. The van der Waals surface area contributed by atoms with Gasteiger partial charge in [0, 0.05) is 5.56 Å². The zero-order chi connectivity index (χ0) is 18.0. The zero-order valence-electron chi connectivity index (χ0n) is 14.2. The van der Waals surface area contributed by atoms with Gasteiger partial charge in [0.05, 0.1) is 27.8 Å². The molecule has 0 unspecified atom stereocenters. The summed E-state index contributed by atoms with van der Waals surface area (Å²) in [6.45, 7) is 4.47. The third-order valence-electron chi connectivity index (χ3n) is 4.09. The van der Waals surface area contributed by atoms with E-state index in [9.17, 15) is 4.79 Å². The van der Waals surface area contributed by atoms with Gasteiger partial charge >= 0.3 is 5.97 Å². The van der Waals surface area contributed by atoms with E-state index < -0.39 is 0 Å². The molecule has 1 heterocycles. The Morgan fingerprint density at radius 3 is 2.72 bits per heavy atom. The summed E-state index contributed by atoms with van der Waals surface area (Å²) >= 11 is 3.51. The van der Waals surface area contributed by atoms with Crippen LogP contribution in [-0.2, 0) is 4.74 Å². The molecule has 5 nitrogen and oxygen atoms in total. The lowest BCUT2D eigenvalue weighted by Crippen LogP contribution is -2.06. The van der Waals surface area contributed by atoms with Crippen molar-refractivity contribution in [3.8, 4) is 11.4 Å². The number of carbonyl (C=O) groups is 1. The monoisotopic (exact) mass is 401 g/mol. The van der Waals surface area contributed by atoms with Crippen molar-refractivity contribution in [3.05, 3.63) is 45.9 Å². The molecule has 3 rings (SSSR count). The van der Waals surface area contributed by atoms with Crippen LogP contribution in [0.25, 0.3) is 22.4 Å². The van der Waals surface area contributed by atoms with Gasteiger partial charge in [0.1, 0.15) is 11.3 Å².